The molecule has 0 spiro atoms. The molecule has 0 saturated heterocycles. The number of ether oxygens (including phenoxy) is 1. The number of aromatic nitrogens is 1. The van der Waals surface area contributed by atoms with E-state index in [9.17, 15) is 0 Å². The Morgan fingerprint density at radius 3 is 2.67 bits per heavy atom. The van der Waals surface area contributed by atoms with E-state index < -0.39 is 0 Å². The fraction of sp³-hybridized carbons (Fsp3) is 0.700. The summed E-state index contributed by atoms with van der Waals surface area (Å²) in [6.07, 6.45) is 4.81. The van der Waals surface area contributed by atoms with Crippen molar-refractivity contribution in [3.8, 4) is 5.88 Å². The average molecular weight is 328 g/mol. The molecule has 15 heavy (non-hydrogen) atoms. The van der Waals surface area contributed by atoms with E-state index in [2.05, 4.69) is 31.8 Å². The van der Waals surface area contributed by atoms with Crippen molar-refractivity contribution >= 4 is 13.6 Å². The summed E-state index contributed by atoms with van der Waals surface area (Å²) in [5.74, 6) is 1.15. The molecule has 0 aliphatic heterocycles. The van der Waals surface area contributed by atoms with Gasteiger partial charge in [-0.05, 0) is 19.1 Å². The Labute approximate surface area is 108 Å². The van der Waals surface area contributed by atoms with Crippen LogP contribution in [0.2, 0.25) is 0 Å². The second-order valence-electron chi connectivity index (χ2n) is 3.08. The predicted molar refractivity (Wildman–Crippen MR) is 58.6 cm³/mol. The molecule has 0 unspecified atom stereocenters. The van der Waals surface area contributed by atoms with Gasteiger partial charge in [-0.3, -0.25) is 0 Å². The van der Waals surface area contributed by atoms with Gasteiger partial charge in [0.1, 0.15) is 0 Å². The first-order valence-corrected chi connectivity index (χ1v) is 12.0. The Morgan fingerprint density at radius 2 is 2.13 bits per heavy atom. The van der Waals surface area contributed by atoms with Crippen molar-refractivity contribution in [1.82, 2.24) is 5.16 Å². The van der Waals surface area contributed by atoms with Crippen LogP contribution in [0.1, 0.15) is 38.4 Å². The Morgan fingerprint density at radius 1 is 1.40 bits per heavy atom. The van der Waals surface area contributed by atoms with Crippen molar-refractivity contribution in [2.45, 2.75) is 39.5 Å². The SMILES string of the molecule is CCCCCCOc1[c-]c(C)on1.[Zn+][Br]. The first-order valence-electron chi connectivity index (χ1n) is 5.08. The van der Waals surface area contributed by atoms with E-state index in [4.69, 9.17) is 9.26 Å². The maximum atomic E-state index is 5.31. The fourth-order valence-electron chi connectivity index (χ4n) is 1.07. The van der Waals surface area contributed by atoms with Crippen LogP contribution in [0.4, 0.5) is 0 Å². The molecule has 0 bridgehead atoms. The molecule has 1 aromatic heterocycles. The number of hydrogen-bond acceptors (Lipinski definition) is 3. The minimum absolute atomic E-state index is 0.481. The zero-order valence-corrected chi connectivity index (χ0v) is 13.9. The molecule has 1 rings (SSSR count). The van der Waals surface area contributed by atoms with Gasteiger partial charge in [0.25, 0.3) is 0 Å². The molecule has 0 aromatic carbocycles. The molecule has 1 heterocycles. The summed E-state index contributed by atoms with van der Waals surface area (Å²) in [4.78, 5) is 0. The molecule has 0 aliphatic rings. The summed E-state index contributed by atoms with van der Waals surface area (Å²) in [7, 11) is 0. The van der Waals surface area contributed by atoms with Crippen LogP contribution >= 0.6 is 13.6 Å². The summed E-state index contributed by atoms with van der Waals surface area (Å²) in [6, 6.07) is 2.87. The Bertz CT molecular complexity index is 243. The second kappa shape index (κ2) is 10.6. The number of nitrogens with zero attached hydrogens (tertiary/aromatic N) is 1. The fourth-order valence-corrected chi connectivity index (χ4v) is 1.07. The van der Waals surface area contributed by atoms with Crippen LogP contribution in [-0.2, 0) is 16.3 Å². The number of unbranched alkanes of at least 4 members (excludes halogenated alkanes) is 3. The number of rotatable bonds is 6. The standard InChI is InChI=1S/C10H16NO2.BrH.Zn/c1-3-4-5-6-7-12-10-8-9(2)13-11-10;;/h3-7H2,1-2H3;1H;/q-1;;+2/p-1. The van der Waals surface area contributed by atoms with E-state index in [1.807, 2.05) is 0 Å². The molecule has 0 amide bonds. The van der Waals surface area contributed by atoms with Crippen LogP contribution in [-0.4, -0.2) is 11.8 Å². The normalized spacial score (nSPS) is 9.40. The van der Waals surface area contributed by atoms with Gasteiger partial charge in [-0.1, -0.05) is 31.3 Å². The topological polar surface area (TPSA) is 35.3 Å². The van der Waals surface area contributed by atoms with E-state index in [1.54, 1.807) is 6.92 Å². The molecule has 0 N–H and O–H groups in total. The third kappa shape index (κ3) is 7.98. The molecule has 0 radical (unpaired) electrons. The molecular formula is C10H16BrNO2Zn. The molecule has 3 nitrogen and oxygen atoms in total. The molecule has 82 valence electrons. The predicted octanol–water partition coefficient (Wildman–Crippen LogP) is 3.59. The van der Waals surface area contributed by atoms with Crippen LogP contribution in [0, 0.1) is 13.0 Å². The third-order valence-electron chi connectivity index (χ3n) is 1.79. The molecular weight excluding hydrogens is 311 g/mol. The Kier molecular flexibility index (Phi) is 10.7. The van der Waals surface area contributed by atoms with E-state index in [1.165, 1.54) is 35.6 Å². The Hall–Kier alpha value is 0.113. The van der Waals surface area contributed by atoms with Crippen LogP contribution in [0.3, 0.4) is 0 Å². The van der Waals surface area contributed by atoms with E-state index in [0.29, 0.717) is 18.2 Å². The quantitative estimate of drug-likeness (QED) is 0.455. The van der Waals surface area contributed by atoms with Gasteiger partial charge in [0, 0.05) is 0 Å². The van der Waals surface area contributed by atoms with E-state index in [-0.39, 0.29) is 0 Å². The van der Waals surface area contributed by atoms with E-state index in [0.717, 1.165) is 6.42 Å². The molecule has 0 atom stereocenters. The van der Waals surface area contributed by atoms with Crippen LogP contribution < -0.4 is 4.74 Å². The molecule has 0 aliphatic carbocycles. The van der Waals surface area contributed by atoms with Gasteiger partial charge in [-0.25, -0.2) is 0 Å². The van der Waals surface area contributed by atoms with Gasteiger partial charge >= 0.3 is 30.0 Å². The zero-order valence-electron chi connectivity index (χ0n) is 9.38. The van der Waals surface area contributed by atoms with Crippen molar-refractivity contribution in [2.24, 2.45) is 0 Å². The summed E-state index contributed by atoms with van der Waals surface area (Å²) < 4.78 is 10.1. The van der Waals surface area contributed by atoms with Crippen molar-refractivity contribution in [1.29, 1.82) is 0 Å². The van der Waals surface area contributed by atoms with Gasteiger partial charge in [0.2, 0.25) is 0 Å². The van der Waals surface area contributed by atoms with Crippen molar-refractivity contribution in [3.63, 3.8) is 0 Å². The minimum atomic E-state index is 0.481. The van der Waals surface area contributed by atoms with Crippen LogP contribution in [0.15, 0.2) is 4.52 Å². The summed E-state index contributed by atoms with van der Waals surface area (Å²) in [5.41, 5.74) is 0. The molecule has 0 saturated carbocycles. The first kappa shape index (κ1) is 15.1. The monoisotopic (exact) mass is 325 g/mol. The molecule has 1 aromatic rings. The number of halogens is 1. The van der Waals surface area contributed by atoms with Crippen molar-refractivity contribution in [2.75, 3.05) is 6.61 Å². The van der Waals surface area contributed by atoms with Gasteiger partial charge in [0.15, 0.2) is 0 Å². The van der Waals surface area contributed by atoms with Gasteiger partial charge in [-0.15, -0.1) is 0 Å². The summed E-state index contributed by atoms with van der Waals surface area (Å²) >= 11 is 4.25. The van der Waals surface area contributed by atoms with Gasteiger partial charge < -0.3 is 15.3 Å². The third-order valence-corrected chi connectivity index (χ3v) is 1.79. The molecule has 5 heteroatoms. The first-order chi connectivity index (χ1) is 7.33. The zero-order chi connectivity index (χ0) is 11.5. The molecule has 0 fully saturated rings. The Balaban J connectivity index is 0.000000921. The average Bonchev–Trinajstić information content (AvgIpc) is 2.67. The van der Waals surface area contributed by atoms with Crippen LogP contribution in [0.25, 0.3) is 0 Å². The summed E-state index contributed by atoms with van der Waals surface area (Å²) in [6.45, 7) is 4.70. The number of hydrogen-bond donors (Lipinski definition) is 0. The van der Waals surface area contributed by atoms with Crippen LogP contribution in [0.5, 0.6) is 5.88 Å². The van der Waals surface area contributed by atoms with Crippen molar-refractivity contribution < 1.29 is 25.6 Å². The second-order valence-corrected chi connectivity index (χ2v) is 3.08. The maximum absolute atomic E-state index is 5.31. The van der Waals surface area contributed by atoms with Crippen molar-refractivity contribution in [3.05, 3.63) is 11.8 Å². The van der Waals surface area contributed by atoms with Gasteiger partial charge in [-0.2, -0.15) is 0 Å². The number of aryl methyl sites for hydroxylation is 1. The van der Waals surface area contributed by atoms with Gasteiger partial charge in [0.05, 0.1) is 12.5 Å². The van der Waals surface area contributed by atoms with E-state index >= 15 is 0 Å². The summed E-state index contributed by atoms with van der Waals surface area (Å²) in [5, 5.41) is 3.68.